The number of rotatable bonds is 10. The van der Waals surface area contributed by atoms with Gasteiger partial charge in [-0.3, -0.25) is 19.2 Å². The van der Waals surface area contributed by atoms with Crippen LogP contribution in [0.3, 0.4) is 0 Å². The Bertz CT molecular complexity index is 1320. The minimum absolute atomic E-state index is 0.206. The van der Waals surface area contributed by atoms with Crippen molar-refractivity contribution >= 4 is 57.8 Å². The minimum Gasteiger partial charge on any atom is -0.507 e. The van der Waals surface area contributed by atoms with E-state index in [1.165, 1.54) is 23.5 Å². The third-order valence-corrected chi connectivity index (χ3v) is 9.90. The van der Waals surface area contributed by atoms with E-state index >= 15 is 0 Å². The molecule has 0 saturated heterocycles. The summed E-state index contributed by atoms with van der Waals surface area (Å²) in [6.45, 7) is 7.59. The molecule has 0 spiro atoms. The Kier molecular flexibility index (Phi) is 9.30. The molecule has 0 bridgehead atoms. The molecule has 0 saturated carbocycles. The average Bonchev–Trinajstić information content (AvgIpc) is 2.95. The molecule has 40 heavy (non-hydrogen) atoms. The summed E-state index contributed by atoms with van der Waals surface area (Å²) < 4.78 is 10.5. The summed E-state index contributed by atoms with van der Waals surface area (Å²) >= 11 is 2.44. The van der Waals surface area contributed by atoms with E-state index in [4.69, 9.17) is 9.47 Å². The predicted molar refractivity (Wildman–Crippen MR) is 156 cm³/mol. The number of phenolic OH excluding ortho intramolecular Hbond substituents is 2. The van der Waals surface area contributed by atoms with E-state index in [0.717, 1.165) is 0 Å². The van der Waals surface area contributed by atoms with Gasteiger partial charge in [-0.05, 0) is 26.7 Å². The van der Waals surface area contributed by atoms with Gasteiger partial charge in [0.05, 0.1) is 36.2 Å². The maximum atomic E-state index is 13.8. The molecule has 4 atom stereocenters. The maximum Gasteiger partial charge on any atom is 0.319 e. The summed E-state index contributed by atoms with van der Waals surface area (Å²) in [5.41, 5.74) is -0.411. The van der Waals surface area contributed by atoms with Crippen LogP contribution in [0.1, 0.15) is 61.3 Å². The molecule has 212 valence electrons. The second-order valence-corrected chi connectivity index (χ2v) is 11.9. The van der Waals surface area contributed by atoms with Crippen LogP contribution in [0, 0.1) is 11.8 Å². The first-order valence-electron chi connectivity index (χ1n) is 13.3. The summed E-state index contributed by atoms with van der Waals surface area (Å²) in [4.78, 5) is 54.1. The molecule has 0 amide bonds. The van der Waals surface area contributed by atoms with Crippen molar-refractivity contribution in [1.29, 1.82) is 0 Å². The quantitative estimate of drug-likeness (QED) is 0.261. The van der Waals surface area contributed by atoms with Crippen LogP contribution in [0.5, 0.6) is 11.5 Å². The molecule has 4 rings (SSSR count). The average molecular weight is 585 g/mol. The van der Waals surface area contributed by atoms with Gasteiger partial charge < -0.3 is 19.7 Å². The van der Waals surface area contributed by atoms with Crippen LogP contribution in [0.25, 0.3) is 10.8 Å². The fourth-order valence-electron chi connectivity index (χ4n) is 4.96. The van der Waals surface area contributed by atoms with Crippen LogP contribution in [0.15, 0.2) is 46.2 Å². The first kappa shape index (κ1) is 29.7. The fourth-order valence-corrected chi connectivity index (χ4v) is 7.34. The van der Waals surface area contributed by atoms with E-state index in [-0.39, 0.29) is 46.6 Å². The molecule has 0 fully saturated rings. The Balaban J connectivity index is 1.84. The number of carbonyl (C=O) groups is 4. The van der Waals surface area contributed by atoms with Crippen molar-refractivity contribution in [3.63, 3.8) is 0 Å². The first-order chi connectivity index (χ1) is 19.2. The summed E-state index contributed by atoms with van der Waals surface area (Å²) in [7, 11) is 0. The minimum atomic E-state index is -0.958. The number of Topliss-reactive ketones (excluding diaryl/α,β-unsaturated/α-hetero) is 2. The van der Waals surface area contributed by atoms with Gasteiger partial charge in [0.1, 0.15) is 22.0 Å². The van der Waals surface area contributed by atoms with Gasteiger partial charge in [0, 0.05) is 20.6 Å². The molecule has 10 heteroatoms. The number of thioether (sulfide) groups is 2. The standard InChI is InChI=1S/C30H32O8S2/c1-5-19(29(35)37-7-3)39-21-13-17-18(14-22(21)40-20(6-2)30(36)38-8-4)28(34)24-23(27(17)33)25(31)15-11-9-10-12-16(15)26(24)32/h9-14,17-20,31-32H,5-8H2,1-4H3. The lowest BCUT2D eigenvalue weighted by Gasteiger charge is -2.33. The monoisotopic (exact) mass is 584 g/mol. The van der Waals surface area contributed by atoms with Crippen molar-refractivity contribution in [2.75, 3.05) is 13.2 Å². The van der Waals surface area contributed by atoms with Crippen LogP contribution < -0.4 is 0 Å². The molecular weight excluding hydrogens is 552 g/mol. The number of phenols is 2. The molecule has 4 unspecified atom stereocenters. The van der Waals surface area contributed by atoms with E-state index in [2.05, 4.69) is 0 Å². The Hall–Kier alpha value is -3.24. The van der Waals surface area contributed by atoms with Crippen LogP contribution >= 0.6 is 23.5 Å². The van der Waals surface area contributed by atoms with E-state index in [1.54, 1.807) is 50.3 Å². The van der Waals surface area contributed by atoms with E-state index < -0.39 is 45.8 Å². The Morgan fingerprint density at radius 3 is 1.45 bits per heavy atom. The predicted octanol–water partition coefficient (Wildman–Crippen LogP) is 5.79. The van der Waals surface area contributed by atoms with Crippen molar-refractivity contribution < 1.29 is 38.9 Å². The van der Waals surface area contributed by atoms with Gasteiger partial charge in [-0.15, -0.1) is 23.5 Å². The number of carbonyl (C=O) groups excluding carboxylic acids is 4. The normalized spacial score (nSPS) is 19.7. The second-order valence-electron chi connectivity index (χ2n) is 9.37. The van der Waals surface area contributed by atoms with Crippen LogP contribution in [-0.4, -0.2) is 57.4 Å². The van der Waals surface area contributed by atoms with Crippen LogP contribution in [-0.2, 0) is 19.1 Å². The van der Waals surface area contributed by atoms with Crippen molar-refractivity contribution in [3.05, 3.63) is 57.4 Å². The zero-order chi connectivity index (χ0) is 29.1. The zero-order valence-electron chi connectivity index (χ0n) is 22.8. The van der Waals surface area contributed by atoms with Crippen molar-refractivity contribution in [1.82, 2.24) is 0 Å². The van der Waals surface area contributed by atoms with Crippen molar-refractivity contribution in [2.24, 2.45) is 11.8 Å². The molecule has 0 heterocycles. The maximum absolute atomic E-state index is 13.8. The number of hydrogen-bond acceptors (Lipinski definition) is 10. The number of hydrogen-bond donors (Lipinski definition) is 2. The highest BCUT2D eigenvalue weighted by molar-refractivity contribution is 8.09. The number of ketones is 2. The highest BCUT2D eigenvalue weighted by Gasteiger charge is 2.46. The lowest BCUT2D eigenvalue weighted by molar-refractivity contribution is -0.143. The topological polar surface area (TPSA) is 127 Å². The van der Waals surface area contributed by atoms with E-state index in [0.29, 0.717) is 22.7 Å². The number of aromatic hydroxyl groups is 2. The number of benzene rings is 2. The third-order valence-electron chi connectivity index (χ3n) is 6.93. The first-order valence-corrected chi connectivity index (χ1v) is 15.1. The Morgan fingerprint density at radius 1 is 0.750 bits per heavy atom. The SMILES string of the molecule is CCOC(=O)C(CC)SC1=CC2C(=O)c3c(c(O)c4ccccc4c3O)C(=O)C2C=C1SC(CC)C(=O)OCC. The van der Waals surface area contributed by atoms with Crippen LogP contribution in [0.4, 0.5) is 0 Å². The molecule has 2 aliphatic carbocycles. The summed E-state index contributed by atoms with van der Waals surface area (Å²) in [5.74, 6) is -4.41. The van der Waals surface area contributed by atoms with Gasteiger partial charge in [-0.2, -0.15) is 0 Å². The number of fused-ring (bicyclic) bond motifs is 3. The lowest BCUT2D eigenvalue weighted by Crippen LogP contribution is -2.37. The molecule has 2 N–H and O–H groups in total. The van der Waals surface area contributed by atoms with Crippen molar-refractivity contribution in [3.8, 4) is 11.5 Å². The molecule has 8 nitrogen and oxygen atoms in total. The third kappa shape index (κ3) is 5.39. The molecule has 2 aromatic carbocycles. The van der Waals surface area contributed by atoms with Gasteiger partial charge in [0.25, 0.3) is 0 Å². The molecule has 0 aromatic heterocycles. The lowest BCUT2D eigenvalue weighted by atomic mass is 9.71. The van der Waals surface area contributed by atoms with Crippen molar-refractivity contribution in [2.45, 2.75) is 51.0 Å². The highest BCUT2D eigenvalue weighted by atomic mass is 32.2. The fraction of sp³-hybridized carbons (Fsp3) is 0.400. The molecule has 0 aliphatic heterocycles. The second kappa shape index (κ2) is 12.5. The molecular formula is C30H32O8S2. The van der Waals surface area contributed by atoms with E-state index in [9.17, 15) is 29.4 Å². The largest absolute Gasteiger partial charge is 0.507 e. The number of esters is 2. The summed E-state index contributed by atoms with van der Waals surface area (Å²) in [6.07, 6.45) is 4.20. The zero-order valence-corrected chi connectivity index (χ0v) is 24.4. The highest BCUT2D eigenvalue weighted by Crippen LogP contribution is 2.51. The van der Waals surface area contributed by atoms with Gasteiger partial charge in [-0.1, -0.05) is 50.3 Å². The Morgan fingerprint density at radius 2 is 1.12 bits per heavy atom. The Labute approximate surface area is 241 Å². The molecule has 2 aliphatic rings. The van der Waals surface area contributed by atoms with Gasteiger partial charge >= 0.3 is 11.9 Å². The van der Waals surface area contributed by atoms with Gasteiger partial charge in [0.15, 0.2) is 11.6 Å². The van der Waals surface area contributed by atoms with E-state index in [1.807, 2.05) is 13.8 Å². The van der Waals surface area contributed by atoms with Crippen LogP contribution in [0.2, 0.25) is 0 Å². The molecule has 2 aromatic rings. The summed E-state index contributed by atoms with van der Waals surface area (Å²) in [6, 6.07) is 6.49. The molecule has 0 radical (unpaired) electrons. The number of ether oxygens (including phenoxy) is 2. The van der Waals surface area contributed by atoms with Gasteiger partial charge in [0.2, 0.25) is 0 Å². The summed E-state index contributed by atoms with van der Waals surface area (Å²) in [5, 5.41) is 21.5. The van der Waals surface area contributed by atoms with Gasteiger partial charge in [-0.25, -0.2) is 0 Å². The number of allylic oxidation sites excluding steroid dienone is 2. The smallest absolute Gasteiger partial charge is 0.319 e.